The Morgan fingerprint density at radius 3 is 2.53 bits per heavy atom. The van der Waals surface area contributed by atoms with Crippen LogP contribution in [0.5, 0.6) is 0 Å². The van der Waals surface area contributed by atoms with E-state index < -0.39 is 5.82 Å². The van der Waals surface area contributed by atoms with Crippen LogP contribution in [0.15, 0.2) is 53.5 Å². The van der Waals surface area contributed by atoms with E-state index in [0.717, 1.165) is 66.3 Å². The standard InChI is InChI=1S/C29H25Cl2FN4O.C6H7NO.C5H9N/c1-15-19-14-22(23-8-4-12-36(23)29(37)16-9-10-16)35-27(19)20-13-17(5-3-11-33)24(26(32)28(20)34-15)18-6-2-7-21(30)25(18)31;1-5-2-3-7-6(8)4-5;1-4-2-5(1)6-3-4/h2,6-7,13-14,16,23,35H,3-5,8-10,12H2,1H3;2-4H,1H3,(H,7,8);4-6H,1-3H2. The smallest absolute Gasteiger partial charge is 0.248 e. The van der Waals surface area contributed by atoms with Crippen LogP contribution in [0.4, 0.5) is 4.39 Å². The number of nitriles is 1. The average molecular weight is 728 g/mol. The molecule has 3 N–H and O–H groups in total. The molecule has 3 aromatic heterocycles. The lowest BCUT2D eigenvalue weighted by Crippen LogP contribution is -2.31. The number of hydrogen-bond acceptors (Lipinski definition) is 5. The zero-order valence-electron chi connectivity index (χ0n) is 28.8. The third-order valence-electron chi connectivity index (χ3n) is 10.5. The van der Waals surface area contributed by atoms with Crippen molar-refractivity contribution in [3.8, 4) is 17.2 Å². The molecule has 2 aromatic carbocycles. The number of halogens is 3. The zero-order chi connectivity index (χ0) is 35.8. The van der Waals surface area contributed by atoms with Crippen molar-refractivity contribution in [2.75, 3.05) is 13.1 Å². The monoisotopic (exact) mass is 726 g/mol. The second-order valence-corrected chi connectivity index (χ2v) is 15.0. The van der Waals surface area contributed by atoms with Crippen LogP contribution in [-0.4, -0.2) is 44.9 Å². The molecule has 3 aliphatic heterocycles. The summed E-state index contributed by atoms with van der Waals surface area (Å²) in [5.41, 5.74) is 5.13. The molecule has 8 nitrogen and oxygen atoms in total. The molecule has 1 amide bonds. The van der Waals surface area contributed by atoms with Crippen molar-refractivity contribution in [1.29, 1.82) is 5.26 Å². The fraction of sp³-hybridized carbons (Fsp3) is 0.400. The molecule has 264 valence electrons. The number of aromatic amines is 2. The van der Waals surface area contributed by atoms with Gasteiger partial charge in [0, 0.05) is 70.5 Å². The number of likely N-dealkylation sites (tertiary alicyclic amines) is 1. The molecule has 5 aromatic rings. The lowest BCUT2D eigenvalue weighted by Gasteiger charge is -2.24. The van der Waals surface area contributed by atoms with E-state index in [4.69, 9.17) is 23.2 Å². The van der Waals surface area contributed by atoms with E-state index in [1.165, 1.54) is 19.4 Å². The van der Waals surface area contributed by atoms with Crippen molar-refractivity contribution in [1.82, 2.24) is 25.2 Å². The summed E-state index contributed by atoms with van der Waals surface area (Å²) in [4.78, 5) is 36.1. The third kappa shape index (κ3) is 7.28. The van der Waals surface area contributed by atoms with Crippen LogP contribution in [0, 0.1) is 42.8 Å². The highest BCUT2D eigenvalue weighted by molar-refractivity contribution is 6.43. The first-order chi connectivity index (χ1) is 24.6. The fourth-order valence-electron chi connectivity index (χ4n) is 7.62. The van der Waals surface area contributed by atoms with Gasteiger partial charge in [-0.2, -0.15) is 5.26 Å². The number of aromatic nitrogens is 3. The molecule has 6 heterocycles. The van der Waals surface area contributed by atoms with E-state index in [0.29, 0.717) is 39.2 Å². The van der Waals surface area contributed by atoms with Gasteiger partial charge >= 0.3 is 0 Å². The molecule has 3 saturated heterocycles. The normalized spacial score (nSPS) is 20.3. The van der Waals surface area contributed by atoms with Gasteiger partial charge in [-0.3, -0.25) is 9.59 Å². The van der Waals surface area contributed by atoms with E-state index >= 15 is 4.39 Å². The average Bonchev–Trinajstić information content (AvgIpc) is 3.50. The Kier molecular flexibility index (Phi) is 10.2. The summed E-state index contributed by atoms with van der Waals surface area (Å²) in [7, 11) is 0. The first-order valence-electron chi connectivity index (χ1n) is 17.8. The molecular weight excluding hydrogens is 686 g/mol. The van der Waals surface area contributed by atoms with E-state index in [1.54, 1.807) is 30.5 Å². The minimum absolute atomic E-state index is 0.0117. The van der Waals surface area contributed by atoms with Crippen molar-refractivity contribution < 1.29 is 9.18 Å². The Morgan fingerprint density at radius 1 is 1.10 bits per heavy atom. The van der Waals surface area contributed by atoms with Gasteiger partial charge in [0.25, 0.3) is 0 Å². The van der Waals surface area contributed by atoms with Gasteiger partial charge in [-0.05, 0) is 107 Å². The van der Waals surface area contributed by atoms with Gasteiger partial charge in [0.05, 0.1) is 27.7 Å². The second-order valence-electron chi connectivity index (χ2n) is 14.2. The zero-order valence-corrected chi connectivity index (χ0v) is 30.3. The van der Waals surface area contributed by atoms with E-state index in [9.17, 15) is 14.9 Å². The number of amides is 1. The van der Waals surface area contributed by atoms with Gasteiger partial charge in [0.2, 0.25) is 11.5 Å². The molecule has 0 spiro atoms. The maximum Gasteiger partial charge on any atom is 0.248 e. The predicted molar refractivity (Wildman–Crippen MR) is 200 cm³/mol. The van der Waals surface area contributed by atoms with Crippen molar-refractivity contribution in [3.05, 3.63) is 97.4 Å². The molecule has 2 aliphatic carbocycles. The third-order valence-corrected chi connectivity index (χ3v) is 11.3. The maximum atomic E-state index is 16.3. The molecule has 1 atom stereocenters. The van der Waals surface area contributed by atoms with Crippen molar-refractivity contribution in [3.63, 3.8) is 0 Å². The number of H-pyrrole nitrogens is 2. The minimum atomic E-state index is -0.484. The van der Waals surface area contributed by atoms with Crippen LogP contribution in [0.1, 0.15) is 73.5 Å². The SMILES string of the molecule is C1NC2CC1C2.Cc1cc[nH]c(=O)c1.Cc1nc2c(F)c(-c3cccc(Cl)c3Cl)c(CCC#N)cc2c2[nH]c(C3CCCN3C(=O)C3CC3)cc12. The van der Waals surface area contributed by atoms with Crippen LogP contribution >= 0.6 is 23.2 Å². The van der Waals surface area contributed by atoms with Gasteiger partial charge in [0.15, 0.2) is 5.82 Å². The predicted octanol–water partition coefficient (Wildman–Crippen LogP) is 8.72. The van der Waals surface area contributed by atoms with Gasteiger partial charge in [-0.25, -0.2) is 9.37 Å². The molecule has 5 aliphatic rings. The van der Waals surface area contributed by atoms with Crippen molar-refractivity contribution >= 4 is 50.9 Å². The molecule has 11 heteroatoms. The number of benzene rings is 2. The Labute approximate surface area is 306 Å². The molecule has 51 heavy (non-hydrogen) atoms. The minimum Gasteiger partial charge on any atom is -0.356 e. The maximum absolute atomic E-state index is 16.3. The Bertz CT molecular complexity index is 2200. The van der Waals surface area contributed by atoms with Gasteiger partial charge in [-0.1, -0.05) is 35.3 Å². The van der Waals surface area contributed by atoms with Crippen molar-refractivity contribution in [2.24, 2.45) is 11.8 Å². The van der Waals surface area contributed by atoms with E-state index in [-0.39, 0.29) is 40.4 Å². The number of fused-ring (bicyclic) bond motifs is 4. The molecule has 2 saturated carbocycles. The van der Waals surface area contributed by atoms with E-state index in [2.05, 4.69) is 32.4 Å². The first kappa shape index (κ1) is 35.2. The lowest BCUT2D eigenvalue weighted by atomic mass is 9.87. The highest BCUT2D eigenvalue weighted by Gasteiger charge is 2.39. The van der Waals surface area contributed by atoms with Crippen LogP contribution < -0.4 is 10.9 Å². The number of rotatable bonds is 5. The van der Waals surface area contributed by atoms with Gasteiger partial charge in [-0.15, -0.1) is 0 Å². The summed E-state index contributed by atoms with van der Waals surface area (Å²) in [5, 5.41) is 14.8. The Hall–Kier alpha value is -4.23. The van der Waals surface area contributed by atoms with Crippen LogP contribution in [-0.2, 0) is 11.2 Å². The number of aryl methyl sites for hydroxylation is 3. The summed E-state index contributed by atoms with van der Waals surface area (Å²) >= 11 is 12.8. The van der Waals surface area contributed by atoms with Gasteiger partial charge in [0.1, 0.15) is 5.52 Å². The first-order valence-corrected chi connectivity index (χ1v) is 18.5. The van der Waals surface area contributed by atoms with Crippen LogP contribution in [0.25, 0.3) is 32.9 Å². The Balaban J connectivity index is 0.000000238. The largest absolute Gasteiger partial charge is 0.356 e. The number of carbonyl (C=O) groups is 1. The van der Waals surface area contributed by atoms with Crippen LogP contribution in [0.2, 0.25) is 10.0 Å². The highest BCUT2D eigenvalue weighted by Crippen LogP contribution is 2.43. The second kappa shape index (κ2) is 14.8. The number of carbonyl (C=O) groups excluding carboxylic acids is 1. The van der Waals surface area contributed by atoms with Crippen LogP contribution in [0.3, 0.4) is 0 Å². The number of pyridine rings is 2. The summed E-state index contributed by atoms with van der Waals surface area (Å²) < 4.78 is 16.3. The molecule has 1 unspecified atom stereocenters. The molecule has 10 rings (SSSR count). The summed E-state index contributed by atoms with van der Waals surface area (Å²) in [6.07, 6.45) is 8.99. The summed E-state index contributed by atoms with van der Waals surface area (Å²) in [6.45, 7) is 5.83. The van der Waals surface area contributed by atoms with Crippen molar-refractivity contribution in [2.45, 2.75) is 77.3 Å². The summed E-state index contributed by atoms with van der Waals surface area (Å²) in [5.74, 6) is 1.01. The molecule has 5 fully saturated rings. The van der Waals surface area contributed by atoms with E-state index in [1.807, 2.05) is 30.9 Å². The summed E-state index contributed by atoms with van der Waals surface area (Å²) in [6, 6.07) is 15.6. The molecule has 2 bridgehead atoms. The quantitative estimate of drug-likeness (QED) is 0.168. The molecule has 0 radical (unpaired) electrons. The topological polar surface area (TPSA) is 118 Å². The fourth-order valence-corrected chi connectivity index (χ4v) is 8.02. The molecular formula is C40H41Cl2FN6O2. The number of hydrogen-bond donors (Lipinski definition) is 3. The lowest BCUT2D eigenvalue weighted by molar-refractivity contribution is -0.133. The Morgan fingerprint density at radius 2 is 1.90 bits per heavy atom. The number of nitrogens with one attached hydrogen (secondary N) is 3. The highest BCUT2D eigenvalue weighted by atomic mass is 35.5. The number of nitrogens with zero attached hydrogens (tertiary/aromatic N) is 3. The van der Waals surface area contributed by atoms with Gasteiger partial charge < -0.3 is 20.2 Å².